The van der Waals surface area contributed by atoms with Gasteiger partial charge in [-0.1, -0.05) is 35.9 Å². The Labute approximate surface area is 189 Å². The van der Waals surface area contributed by atoms with Crippen molar-refractivity contribution in [2.24, 2.45) is 0 Å². The molecule has 0 radical (unpaired) electrons. The highest BCUT2D eigenvalue weighted by Crippen LogP contribution is 2.30. The van der Waals surface area contributed by atoms with E-state index in [1.165, 1.54) is 7.11 Å². The van der Waals surface area contributed by atoms with Gasteiger partial charge in [-0.05, 0) is 61.1 Å². The van der Waals surface area contributed by atoms with E-state index in [2.05, 4.69) is 15.6 Å². The third kappa shape index (κ3) is 4.38. The first-order valence-corrected chi connectivity index (χ1v) is 10.2. The topological polar surface area (TPSA) is 76.4 Å². The summed E-state index contributed by atoms with van der Waals surface area (Å²) in [6, 6.07) is 18.1. The molecule has 0 unspecified atom stereocenters. The molecule has 1 amide bonds. The number of aromatic nitrogens is 1. The first-order valence-electron chi connectivity index (χ1n) is 9.37. The number of anilines is 1. The third-order valence-electron chi connectivity index (χ3n) is 4.64. The second kappa shape index (κ2) is 8.75. The number of hydrogen-bond acceptors (Lipinski definition) is 5. The molecule has 31 heavy (non-hydrogen) atoms. The lowest BCUT2D eigenvalue weighted by Gasteiger charge is -2.14. The van der Waals surface area contributed by atoms with Crippen LogP contribution in [0, 0.1) is 6.92 Å². The molecule has 0 aliphatic heterocycles. The molecule has 0 saturated heterocycles. The van der Waals surface area contributed by atoms with Crippen LogP contribution in [-0.2, 0) is 0 Å². The van der Waals surface area contributed by atoms with E-state index in [0.717, 1.165) is 16.6 Å². The van der Waals surface area contributed by atoms with Gasteiger partial charge < -0.3 is 14.5 Å². The summed E-state index contributed by atoms with van der Waals surface area (Å²) in [5, 5.41) is 6.16. The van der Waals surface area contributed by atoms with Gasteiger partial charge >= 0.3 is 0 Å². The highest BCUT2D eigenvalue weighted by atomic mass is 35.5. The van der Waals surface area contributed by atoms with E-state index < -0.39 is 0 Å². The fourth-order valence-electron chi connectivity index (χ4n) is 3.18. The average molecular weight is 452 g/mol. The summed E-state index contributed by atoms with van der Waals surface area (Å²) < 4.78 is 11.2. The van der Waals surface area contributed by atoms with Gasteiger partial charge in [0.2, 0.25) is 5.89 Å². The van der Waals surface area contributed by atoms with Crippen molar-refractivity contribution in [3.8, 4) is 17.2 Å². The number of para-hydroxylation sites is 3. The van der Waals surface area contributed by atoms with Crippen molar-refractivity contribution < 1.29 is 13.9 Å². The van der Waals surface area contributed by atoms with E-state index in [1.54, 1.807) is 30.3 Å². The van der Waals surface area contributed by atoms with Crippen LogP contribution in [0.15, 0.2) is 65.1 Å². The molecule has 1 aromatic heterocycles. The maximum absolute atomic E-state index is 12.7. The van der Waals surface area contributed by atoms with Crippen molar-refractivity contribution in [1.29, 1.82) is 0 Å². The van der Waals surface area contributed by atoms with Gasteiger partial charge in [-0.15, -0.1) is 0 Å². The van der Waals surface area contributed by atoms with Gasteiger partial charge in [-0.3, -0.25) is 10.1 Å². The molecule has 0 aliphatic carbocycles. The van der Waals surface area contributed by atoms with Crippen LogP contribution < -0.4 is 15.4 Å². The predicted octanol–water partition coefficient (Wildman–Crippen LogP) is 5.59. The Morgan fingerprint density at radius 3 is 2.71 bits per heavy atom. The van der Waals surface area contributed by atoms with Gasteiger partial charge in [0.25, 0.3) is 5.91 Å². The summed E-state index contributed by atoms with van der Waals surface area (Å²) in [7, 11) is 1.52. The number of benzene rings is 3. The number of amides is 1. The second-order valence-corrected chi connectivity index (χ2v) is 7.56. The van der Waals surface area contributed by atoms with Gasteiger partial charge in [-0.25, -0.2) is 4.98 Å². The lowest BCUT2D eigenvalue weighted by Crippen LogP contribution is -2.34. The van der Waals surface area contributed by atoms with Crippen molar-refractivity contribution >= 4 is 51.6 Å². The minimum atomic E-state index is -0.385. The quantitative estimate of drug-likeness (QED) is 0.394. The number of hydrogen-bond donors (Lipinski definition) is 2. The summed E-state index contributed by atoms with van der Waals surface area (Å²) in [5.41, 5.74) is 3.93. The minimum absolute atomic E-state index is 0.102. The molecule has 0 atom stereocenters. The number of halogens is 1. The average Bonchev–Trinajstić information content (AvgIpc) is 3.19. The van der Waals surface area contributed by atoms with E-state index in [0.29, 0.717) is 33.5 Å². The van der Waals surface area contributed by atoms with Gasteiger partial charge in [-0.2, -0.15) is 0 Å². The van der Waals surface area contributed by atoms with E-state index >= 15 is 0 Å². The van der Waals surface area contributed by atoms with E-state index in [4.69, 9.17) is 33.0 Å². The fraction of sp³-hybridized carbons (Fsp3) is 0.0870. The molecule has 1 heterocycles. The molecule has 4 aromatic rings. The monoisotopic (exact) mass is 451 g/mol. The smallest absolute Gasteiger partial charge is 0.261 e. The number of carbonyl (C=O) groups is 1. The number of methoxy groups -OCH3 is 1. The van der Waals surface area contributed by atoms with Gasteiger partial charge in [0, 0.05) is 5.56 Å². The Kier molecular flexibility index (Phi) is 5.88. The zero-order valence-corrected chi connectivity index (χ0v) is 18.3. The second-order valence-electron chi connectivity index (χ2n) is 6.75. The van der Waals surface area contributed by atoms with Crippen molar-refractivity contribution in [3.63, 3.8) is 0 Å². The number of oxazole rings is 1. The molecule has 156 valence electrons. The zero-order chi connectivity index (χ0) is 22.0. The largest absolute Gasteiger partial charge is 0.496 e. The van der Waals surface area contributed by atoms with Gasteiger partial charge in [0.15, 0.2) is 10.7 Å². The summed E-state index contributed by atoms with van der Waals surface area (Å²) >= 11 is 11.6. The van der Waals surface area contributed by atoms with Crippen molar-refractivity contribution in [2.75, 3.05) is 12.4 Å². The Morgan fingerprint density at radius 2 is 1.94 bits per heavy atom. The summed E-state index contributed by atoms with van der Waals surface area (Å²) in [4.78, 5) is 17.2. The molecule has 0 bridgehead atoms. The van der Waals surface area contributed by atoms with Gasteiger partial charge in [0.1, 0.15) is 11.3 Å². The Hall–Kier alpha value is -3.42. The number of thiocarbonyl (C=S) groups is 1. The zero-order valence-electron chi connectivity index (χ0n) is 16.7. The molecule has 0 aliphatic rings. The number of nitrogens with one attached hydrogen (secondary N) is 2. The highest BCUT2D eigenvalue weighted by Gasteiger charge is 2.16. The van der Waals surface area contributed by atoms with Gasteiger partial charge in [0.05, 0.1) is 23.4 Å². The molecule has 6 nitrogen and oxygen atoms in total. The van der Waals surface area contributed by atoms with E-state index in [1.807, 2.05) is 37.3 Å². The van der Waals surface area contributed by atoms with E-state index in [-0.39, 0.29) is 11.0 Å². The van der Waals surface area contributed by atoms with Crippen molar-refractivity contribution in [1.82, 2.24) is 10.3 Å². The number of rotatable bonds is 4. The third-order valence-corrected chi connectivity index (χ3v) is 5.18. The van der Waals surface area contributed by atoms with Crippen molar-refractivity contribution in [3.05, 3.63) is 76.8 Å². The number of aryl methyl sites for hydroxylation is 1. The normalized spacial score (nSPS) is 10.7. The SMILES string of the molecule is COc1c(C)cccc1C(=O)NC(=S)Nc1cc(-c2nc3ccccc3o2)ccc1Cl. The number of nitrogens with zero attached hydrogens (tertiary/aromatic N) is 1. The lowest BCUT2D eigenvalue weighted by molar-refractivity contribution is 0.0974. The maximum Gasteiger partial charge on any atom is 0.261 e. The maximum atomic E-state index is 12.7. The predicted molar refractivity (Wildman–Crippen MR) is 126 cm³/mol. The fourth-order valence-corrected chi connectivity index (χ4v) is 3.54. The van der Waals surface area contributed by atoms with Crippen LogP contribution >= 0.6 is 23.8 Å². The molecule has 8 heteroatoms. The summed E-state index contributed by atoms with van der Waals surface area (Å²) in [6.45, 7) is 1.86. The molecule has 0 fully saturated rings. The molecular weight excluding hydrogens is 434 g/mol. The van der Waals surface area contributed by atoms with Crippen LogP contribution in [0.5, 0.6) is 5.75 Å². The van der Waals surface area contributed by atoms with Crippen LogP contribution in [0.2, 0.25) is 5.02 Å². The number of ether oxygens (including phenoxy) is 1. The van der Waals surface area contributed by atoms with Crippen LogP contribution in [0.3, 0.4) is 0 Å². The Morgan fingerprint density at radius 1 is 1.13 bits per heavy atom. The first kappa shape index (κ1) is 20.8. The number of carbonyl (C=O) groups excluding carboxylic acids is 1. The summed E-state index contributed by atoms with van der Waals surface area (Å²) in [5.74, 6) is 0.573. The summed E-state index contributed by atoms with van der Waals surface area (Å²) in [6.07, 6.45) is 0. The van der Waals surface area contributed by atoms with E-state index in [9.17, 15) is 4.79 Å². The first-order chi connectivity index (χ1) is 15.0. The molecule has 2 N–H and O–H groups in total. The van der Waals surface area contributed by atoms with Crippen LogP contribution in [0.1, 0.15) is 15.9 Å². The van der Waals surface area contributed by atoms with Crippen LogP contribution in [-0.4, -0.2) is 23.1 Å². The number of fused-ring (bicyclic) bond motifs is 1. The highest BCUT2D eigenvalue weighted by molar-refractivity contribution is 7.80. The minimum Gasteiger partial charge on any atom is -0.496 e. The molecule has 3 aromatic carbocycles. The molecule has 4 rings (SSSR count). The Bertz CT molecular complexity index is 1270. The molecule has 0 saturated carbocycles. The standard InChI is InChI=1S/C23H18ClN3O3S/c1-13-6-5-7-15(20(13)29-2)21(28)27-23(31)26-18-12-14(10-11-16(18)24)22-25-17-8-3-4-9-19(17)30-22/h3-12H,1-2H3,(H2,26,27,28,31). The van der Waals surface area contributed by atoms with Crippen LogP contribution in [0.25, 0.3) is 22.6 Å². The Balaban J connectivity index is 1.54. The van der Waals surface area contributed by atoms with Crippen LogP contribution in [0.4, 0.5) is 5.69 Å². The van der Waals surface area contributed by atoms with Crippen molar-refractivity contribution in [2.45, 2.75) is 6.92 Å². The molecule has 0 spiro atoms. The lowest BCUT2D eigenvalue weighted by atomic mass is 10.1. The molecular formula is C23H18ClN3O3S.